The summed E-state index contributed by atoms with van der Waals surface area (Å²) in [4.78, 5) is 14.4. The third kappa shape index (κ3) is 2.23. The van der Waals surface area contributed by atoms with E-state index in [0.717, 1.165) is 12.1 Å². The van der Waals surface area contributed by atoms with Crippen molar-refractivity contribution in [3.05, 3.63) is 53.5 Å². The Kier molecular flexibility index (Phi) is 3.32. The third-order valence-electron chi connectivity index (χ3n) is 3.66. The highest BCUT2D eigenvalue weighted by atomic mass is 16.4. The molecule has 20 heavy (non-hydrogen) atoms. The predicted octanol–water partition coefficient (Wildman–Crippen LogP) is 2.58. The molecule has 0 bridgehead atoms. The van der Waals surface area contributed by atoms with Crippen LogP contribution in [0.5, 0.6) is 0 Å². The van der Waals surface area contributed by atoms with Crippen LogP contribution in [-0.4, -0.2) is 12.5 Å². The molecule has 1 unspecified atom stereocenters. The highest BCUT2D eigenvalue weighted by Gasteiger charge is 2.28. The quantitative estimate of drug-likeness (QED) is 0.912. The fraction of sp³-hybridized carbons (Fsp3) is 0.312. The van der Waals surface area contributed by atoms with Gasteiger partial charge in [-0.25, -0.2) is 0 Å². The molecule has 0 fully saturated rings. The van der Waals surface area contributed by atoms with E-state index in [1.165, 1.54) is 5.56 Å². The van der Waals surface area contributed by atoms with Gasteiger partial charge in [0, 0.05) is 12.2 Å². The highest BCUT2D eigenvalue weighted by Crippen LogP contribution is 2.30. The number of nitrogens with two attached hydrogens (primary N) is 1. The number of furan rings is 1. The van der Waals surface area contributed by atoms with Crippen LogP contribution in [-0.2, 0) is 13.0 Å². The average molecular weight is 270 g/mol. The Morgan fingerprint density at radius 2 is 2.15 bits per heavy atom. The Balaban J connectivity index is 1.95. The van der Waals surface area contributed by atoms with Gasteiger partial charge in [0.1, 0.15) is 5.76 Å². The number of carbonyl (C=O) groups is 1. The van der Waals surface area contributed by atoms with Gasteiger partial charge in [0.15, 0.2) is 5.76 Å². The van der Waals surface area contributed by atoms with Crippen molar-refractivity contribution in [1.29, 1.82) is 0 Å². The van der Waals surface area contributed by atoms with Crippen molar-refractivity contribution in [3.63, 3.8) is 0 Å². The van der Waals surface area contributed by atoms with Gasteiger partial charge in [-0.15, -0.1) is 0 Å². The summed E-state index contributed by atoms with van der Waals surface area (Å²) in [6.45, 7) is 3.18. The molecule has 0 saturated carbocycles. The van der Waals surface area contributed by atoms with Crippen molar-refractivity contribution in [2.75, 3.05) is 11.4 Å². The summed E-state index contributed by atoms with van der Waals surface area (Å²) in [7, 11) is 0. The van der Waals surface area contributed by atoms with E-state index in [1.807, 2.05) is 23.1 Å². The topological polar surface area (TPSA) is 59.5 Å². The molecule has 1 aliphatic heterocycles. The number of carbonyl (C=O) groups excluding carboxylic acids is 1. The Hall–Kier alpha value is -2.07. The number of amides is 1. The maximum atomic E-state index is 12.6. The molecule has 1 aromatic heterocycles. The second kappa shape index (κ2) is 5.13. The van der Waals surface area contributed by atoms with E-state index in [1.54, 1.807) is 12.1 Å². The van der Waals surface area contributed by atoms with Gasteiger partial charge in [0.25, 0.3) is 5.91 Å². The number of benzene rings is 1. The van der Waals surface area contributed by atoms with Crippen LogP contribution in [0.2, 0.25) is 0 Å². The first kappa shape index (κ1) is 12.9. The molecule has 0 aliphatic carbocycles. The molecule has 1 aliphatic rings. The molecule has 4 nitrogen and oxygen atoms in total. The minimum Gasteiger partial charge on any atom is -0.455 e. The van der Waals surface area contributed by atoms with Gasteiger partial charge in [-0.1, -0.05) is 25.1 Å². The van der Waals surface area contributed by atoms with E-state index in [4.69, 9.17) is 10.2 Å². The van der Waals surface area contributed by atoms with Crippen molar-refractivity contribution < 1.29 is 9.21 Å². The Labute approximate surface area is 118 Å². The van der Waals surface area contributed by atoms with Crippen LogP contribution in [0, 0.1) is 5.92 Å². The van der Waals surface area contributed by atoms with E-state index < -0.39 is 0 Å². The second-order valence-corrected chi connectivity index (χ2v) is 5.32. The van der Waals surface area contributed by atoms with E-state index in [-0.39, 0.29) is 5.91 Å². The fourth-order valence-electron chi connectivity index (χ4n) is 2.72. The SMILES string of the molecule is CC1Cc2ccccc2N(C(=O)c2ccc(CN)o2)C1. The van der Waals surface area contributed by atoms with Gasteiger partial charge in [0.05, 0.1) is 6.54 Å². The average Bonchev–Trinajstić information content (AvgIpc) is 2.94. The summed E-state index contributed by atoms with van der Waals surface area (Å²) in [5.74, 6) is 1.34. The zero-order chi connectivity index (χ0) is 14.1. The molecule has 0 saturated heterocycles. The monoisotopic (exact) mass is 270 g/mol. The summed E-state index contributed by atoms with van der Waals surface area (Å²) in [6, 6.07) is 11.5. The van der Waals surface area contributed by atoms with Gasteiger partial charge in [-0.05, 0) is 36.1 Å². The molecule has 0 radical (unpaired) electrons. The lowest BCUT2D eigenvalue weighted by Crippen LogP contribution is -2.39. The predicted molar refractivity (Wildman–Crippen MR) is 77.6 cm³/mol. The molecule has 3 rings (SSSR count). The van der Waals surface area contributed by atoms with Crippen LogP contribution in [0.25, 0.3) is 0 Å². The summed E-state index contributed by atoms with van der Waals surface area (Å²) in [5, 5.41) is 0. The van der Waals surface area contributed by atoms with Crippen LogP contribution in [0.4, 0.5) is 5.69 Å². The summed E-state index contributed by atoms with van der Waals surface area (Å²) in [5.41, 5.74) is 7.72. The van der Waals surface area contributed by atoms with Gasteiger partial charge in [-0.3, -0.25) is 4.79 Å². The first-order chi connectivity index (χ1) is 9.69. The Bertz CT molecular complexity index is 633. The van der Waals surface area contributed by atoms with E-state index in [2.05, 4.69) is 13.0 Å². The fourth-order valence-corrected chi connectivity index (χ4v) is 2.72. The molecule has 2 aromatic rings. The molecule has 1 aromatic carbocycles. The number of nitrogens with zero attached hydrogens (tertiary/aromatic N) is 1. The van der Waals surface area contributed by atoms with Gasteiger partial charge in [0.2, 0.25) is 0 Å². The molecule has 0 spiro atoms. The van der Waals surface area contributed by atoms with Crippen molar-refractivity contribution >= 4 is 11.6 Å². The van der Waals surface area contributed by atoms with Gasteiger partial charge < -0.3 is 15.1 Å². The zero-order valence-corrected chi connectivity index (χ0v) is 11.5. The standard InChI is InChI=1S/C16H18N2O2/c1-11-8-12-4-2-3-5-14(12)18(10-11)16(19)15-7-6-13(9-17)20-15/h2-7,11H,8-10,17H2,1H3. The van der Waals surface area contributed by atoms with Crippen LogP contribution in [0.3, 0.4) is 0 Å². The smallest absolute Gasteiger partial charge is 0.293 e. The molecule has 2 N–H and O–H groups in total. The molecule has 104 valence electrons. The number of rotatable bonds is 2. The molecule has 4 heteroatoms. The minimum atomic E-state index is -0.0938. The van der Waals surface area contributed by atoms with Crippen LogP contribution in [0.1, 0.15) is 28.8 Å². The largest absolute Gasteiger partial charge is 0.455 e. The van der Waals surface area contributed by atoms with E-state index in [0.29, 0.717) is 30.5 Å². The zero-order valence-electron chi connectivity index (χ0n) is 11.5. The normalized spacial score (nSPS) is 17.9. The van der Waals surface area contributed by atoms with Crippen LogP contribution in [0.15, 0.2) is 40.8 Å². The van der Waals surface area contributed by atoms with Crippen molar-refractivity contribution in [1.82, 2.24) is 0 Å². The maximum absolute atomic E-state index is 12.6. The number of anilines is 1. The van der Waals surface area contributed by atoms with Crippen LogP contribution < -0.4 is 10.6 Å². The summed E-state index contributed by atoms with van der Waals surface area (Å²) < 4.78 is 5.48. The molecular formula is C16H18N2O2. The lowest BCUT2D eigenvalue weighted by Gasteiger charge is -2.32. The molecular weight excluding hydrogens is 252 g/mol. The van der Waals surface area contributed by atoms with Gasteiger partial charge in [-0.2, -0.15) is 0 Å². The van der Waals surface area contributed by atoms with Crippen molar-refractivity contribution in [3.8, 4) is 0 Å². The highest BCUT2D eigenvalue weighted by molar-refractivity contribution is 6.05. The lowest BCUT2D eigenvalue weighted by molar-refractivity contribution is 0.0952. The van der Waals surface area contributed by atoms with E-state index >= 15 is 0 Å². The lowest BCUT2D eigenvalue weighted by atomic mass is 9.94. The number of hydrogen-bond acceptors (Lipinski definition) is 3. The summed E-state index contributed by atoms with van der Waals surface area (Å²) in [6.07, 6.45) is 1.01. The minimum absolute atomic E-state index is 0.0938. The van der Waals surface area contributed by atoms with Crippen LogP contribution >= 0.6 is 0 Å². The molecule has 1 amide bonds. The second-order valence-electron chi connectivity index (χ2n) is 5.32. The number of hydrogen-bond donors (Lipinski definition) is 1. The maximum Gasteiger partial charge on any atom is 0.293 e. The van der Waals surface area contributed by atoms with E-state index in [9.17, 15) is 4.79 Å². The van der Waals surface area contributed by atoms with Crippen molar-refractivity contribution in [2.24, 2.45) is 11.7 Å². The van der Waals surface area contributed by atoms with Crippen molar-refractivity contribution in [2.45, 2.75) is 19.9 Å². The first-order valence-corrected chi connectivity index (χ1v) is 6.87. The van der Waals surface area contributed by atoms with Gasteiger partial charge >= 0.3 is 0 Å². The third-order valence-corrected chi connectivity index (χ3v) is 3.66. The Morgan fingerprint density at radius 3 is 2.90 bits per heavy atom. The molecule has 1 atom stereocenters. The Morgan fingerprint density at radius 1 is 1.35 bits per heavy atom. The summed E-state index contributed by atoms with van der Waals surface area (Å²) >= 11 is 0. The number of para-hydroxylation sites is 1. The molecule has 2 heterocycles. The number of fused-ring (bicyclic) bond motifs is 1. The first-order valence-electron chi connectivity index (χ1n) is 6.87.